The SMILES string of the molecule is C[C@@H]1CN(c2nc(Cl)c(F)cc2C(=O)NS(=O)(=O)c2cccc(N)n2)C(C)(C)C1.C[C@@H]1CN(c2nc(O[C@@H]3CCOC3)c(F)cc2C(=O)NS(=O)(=O)c2cccc(N)n2)C(C)(C)C1. The van der Waals surface area contributed by atoms with Gasteiger partial charge in [0.25, 0.3) is 37.7 Å². The number of nitrogen functional groups attached to an aromatic ring is 2. The van der Waals surface area contributed by atoms with Crippen LogP contribution in [0, 0.1) is 23.5 Å². The van der Waals surface area contributed by atoms with Crippen molar-refractivity contribution in [3.05, 3.63) is 76.4 Å². The summed E-state index contributed by atoms with van der Waals surface area (Å²) in [5, 5.41) is -1.25. The first-order valence-corrected chi connectivity index (χ1v) is 23.2. The van der Waals surface area contributed by atoms with Crippen molar-refractivity contribution < 1.29 is 44.7 Å². The fourth-order valence-corrected chi connectivity index (χ4v) is 10.1. The van der Waals surface area contributed by atoms with Crippen LogP contribution in [0.2, 0.25) is 5.15 Å². The van der Waals surface area contributed by atoms with Gasteiger partial charge in [-0.1, -0.05) is 37.6 Å². The number of nitrogens with zero attached hydrogens (tertiary/aromatic N) is 6. The van der Waals surface area contributed by atoms with Crippen LogP contribution in [-0.4, -0.2) is 92.1 Å². The summed E-state index contributed by atoms with van der Waals surface area (Å²) < 4.78 is 94.5. The molecular formula is C40H49ClF2N10O8S2. The van der Waals surface area contributed by atoms with E-state index in [1.54, 1.807) is 0 Å². The molecule has 0 bridgehead atoms. The second-order valence-corrected chi connectivity index (χ2v) is 20.6. The third kappa shape index (κ3) is 10.7. The molecule has 6 N–H and O–H groups in total. The standard InChI is InChI=1S/C22H28FN5O5S.C18H21ClFN5O3S/c1-13-10-22(2,3)28(11-13)19-15(9-16(23)21(26-19)33-14-7-8-32-12-14)20(29)27-34(30,31)18-6-4-5-17(24)25-18;1-10-8-18(2,3)25(9-10)16-11(7-12(20)15(19)23-16)17(26)24-29(27,28)14-6-4-5-13(21)22-14/h4-6,9,13-14H,7-8,10-12H2,1-3H3,(H2,24,25)(H,27,29);4-7,10H,8-9H2,1-3H3,(H2,21,22)(H,24,26)/t13-,14+;10-/m00/s1. The molecule has 0 saturated carbocycles. The highest BCUT2D eigenvalue weighted by molar-refractivity contribution is 7.90. The molecule has 23 heteroatoms. The molecule has 0 aromatic carbocycles. The van der Waals surface area contributed by atoms with E-state index in [1.807, 2.05) is 53.9 Å². The van der Waals surface area contributed by atoms with Gasteiger partial charge in [0.1, 0.15) is 29.4 Å². The Labute approximate surface area is 369 Å². The molecule has 0 spiro atoms. The third-order valence-electron chi connectivity index (χ3n) is 10.6. The number of carbonyl (C=O) groups excluding carboxylic acids is 2. The van der Waals surface area contributed by atoms with Crippen molar-refractivity contribution in [1.82, 2.24) is 29.4 Å². The number of ether oxygens (including phenoxy) is 2. The maximum atomic E-state index is 15.0. The van der Waals surface area contributed by atoms with Gasteiger partial charge in [0.05, 0.1) is 24.3 Å². The minimum absolute atomic E-state index is 0.0195. The second-order valence-electron chi connectivity index (χ2n) is 17.0. The number of nitrogens with one attached hydrogen (secondary N) is 2. The minimum Gasteiger partial charge on any atom is -0.470 e. The predicted octanol–water partition coefficient (Wildman–Crippen LogP) is 4.70. The first-order chi connectivity index (χ1) is 29.4. The Balaban J connectivity index is 0.000000213. The molecule has 2 amide bonds. The zero-order valence-corrected chi connectivity index (χ0v) is 37.7. The van der Waals surface area contributed by atoms with Crippen LogP contribution in [0.1, 0.15) is 81.5 Å². The highest BCUT2D eigenvalue weighted by Crippen LogP contribution is 2.40. The highest BCUT2D eigenvalue weighted by Gasteiger charge is 2.41. The van der Waals surface area contributed by atoms with Crippen LogP contribution in [0.25, 0.3) is 0 Å². The number of rotatable bonds is 10. The van der Waals surface area contributed by atoms with Gasteiger partial charge in [0.2, 0.25) is 0 Å². The van der Waals surface area contributed by atoms with Gasteiger partial charge in [-0.2, -0.15) is 21.8 Å². The maximum absolute atomic E-state index is 15.0. The Morgan fingerprint density at radius 3 is 1.65 bits per heavy atom. The van der Waals surface area contributed by atoms with E-state index in [2.05, 4.69) is 26.9 Å². The highest BCUT2D eigenvalue weighted by atomic mass is 35.5. The molecular weight excluding hydrogens is 886 g/mol. The number of hydrogen-bond donors (Lipinski definition) is 4. The molecule has 63 heavy (non-hydrogen) atoms. The molecule has 0 radical (unpaired) electrons. The van der Waals surface area contributed by atoms with Crippen LogP contribution in [0.5, 0.6) is 5.88 Å². The van der Waals surface area contributed by atoms with Crippen LogP contribution in [0.4, 0.5) is 32.1 Å². The first kappa shape index (κ1) is 47.0. The number of nitrogens with two attached hydrogens (primary N) is 2. The average Bonchev–Trinajstić information content (AvgIpc) is 3.88. The largest absolute Gasteiger partial charge is 0.470 e. The van der Waals surface area contributed by atoms with Gasteiger partial charge in [0.15, 0.2) is 26.8 Å². The topological polar surface area (TPSA) is 255 Å². The number of halogens is 3. The summed E-state index contributed by atoms with van der Waals surface area (Å²) in [5.41, 5.74) is 9.85. The Morgan fingerprint density at radius 2 is 1.24 bits per heavy atom. The van der Waals surface area contributed by atoms with Gasteiger partial charge >= 0.3 is 0 Å². The number of amides is 2. The second kappa shape index (κ2) is 18.0. The van der Waals surface area contributed by atoms with Gasteiger partial charge in [-0.3, -0.25) is 9.59 Å². The average molecular weight is 935 g/mol. The molecule has 3 fully saturated rings. The van der Waals surface area contributed by atoms with Crippen molar-refractivity contribution in [1.29, 1.82) is 0 Å². The van der Waals surface area contributed by atoms with E-state index in [-0.39, 0.29) is 57.8 Å². The fourth-order valence-electron chi connectivity index (χ4n) is 8.05. The fraction of sp³-hybridized carbons (Fsp3) is 0.450. The van der Waals surface area contributed by atoms with Crippen molar-refractivity contribution in [2.75, 3.05) is 47.6 Å². The summed E-state index contributed by atoms with van der Waals surface area (Å²) in [6, 6.07) is 9.88. The van der Waals surface area contributed by atoms with Crippen molar-refractivity contribution in [2.45, 2.75) is 88.0 Å². The van der Waals surface area contributed by atoms with E-state index in [9.17, 15) is 30.8 Å². The Kier molecular flexibility index (Phi) is 13.4. The van der Waals surface area contributed by atoms with Gasteiger partial charge in [0, 0.05) is 30.6 Å². The number of sulfonamides is 2. The van der Waals surface area contributed by atoms with E-state index < -0.39 is 64.2 Å². The van der Waals surface area contributed by atoms with Crippen molar-refractivity contribution in [3.63, 3.8) is 0 Å². The lowest BCUT2D eigenvalue weighted by atomic mass is 9.97. The molecule has 7 heterocycles. The number of hydrogen-bond acceptors (Lipinski definition) is 16. The molecule has 0 unspecified atom stereocenters. The van der Waals surface area contributed by atoms with Gasteiger partial charge < -0.3 is 30.7 Å². The normalized spacial score (nSPS) is 20.5. The minimum atomic E-state index is -4.36. The predicted molar refractivity (Wildman–Crippen MR) is 230 cm³/mol. The molecule has 0 aliphatic carbocycles. The monoisotopic (exact) mass is 934 g/mol. The molecule has 7 rings (SSSR count). The number of carbonyl (C=O) groups is 2. The lowest BCUT2D eigenvalue weighted by molar-refractivity contribution is 0.0971. The zero-order valence-electron chi connectivity index (χ0n) is 35.4. The van der Waals surface area contributed by atoms with Gasteiger partial charge in [-0.15, -0.1) is 0 Å². The molecule has 340 valence electrons. The molecule has 4 aromatic rings. The lowest BCUT2D eigenvalue weighted by Crippen LogP contribution is -2.41. The number of anilines is 4. The first-order valence-electron chi connectivity index (χ1n) is 19.8. The molecule has 3 atom stereocenters. The Bertz CT molecular complexity index is 2640. The number of aromatic nitrogens is 4. The van der Waals surface area contributed by atoms with Crippen LogP contribution in [0.3, 0.4) is 0 Å². The molecule has 18 nitrogen and oxygen atoms in total. The molecule has 3 aliphatic rings. The quantitative estimate of drug-likeness (QED) is 0.157. The summed E-state index contributed by atoms with van der Waals surface area (Å²) in [4.78, 5) is 45.6. The van der Waals surface area contributed by atoms with E-state index in [0.717, 1.165) is 25.0 Å². The summed E-state index contributed by atoms with van der Waals surface area (Å²) in [6.07, 6.45) is 1.87. The Morgan fingerprint density at radius 1 is 0.778 bits per heavy atom. The summed E-state index contributed by atoms with van der Waals surface area (Å²) in [7, 11) is -8.68. The van der Waals surface area contributed by atoms with Crippen molar-refractivity contribution >= 4 is 66.7 Å². The van der Waals surface area contributed by atoms with Crippen LogP contribution < -0.4 is 35.4 Å². The molecule has 3 saturated heterocycles. The van der Waals surface area contributed by atoms with Gasteiger partial charge in [-0.25, -0.2) is 33.2 Å². The zero-order chi connectivity index (χ0) is 46.2. The lowest BCUT2D eigenvalue weighted by Gasteiger charge is -2.34. The van der Waals surface area contributed by atoms with Crippen LogP contribution in [0.15, 0.2) is 58.6 Å². The van der Waals surface area contributed by atoms with Crippen LogP contribution in [-0.2, 0) is 24.8 Å². The van der Waals surface area contributed by atoms with E-state index >= 15 is 4.39 Å². The van der Waals surface area contributed by atoms with E-state index in [0.29, 0.717) is 38.6 Å². The summed E-state index contributed by atoms with van der Waals surface area (Å²) in [6.45, 7) is 13.9. The van der Waals surface area contributed by atoms with E-state index in [4.69, 9.17) is 32.5 Å². The summed E-state index contributed by atoms with van der Waals surface area (Å²) in [5.74, 6) is -3.30. The van der Waals surface area contributed by atoms with Crippen LogP contribution >= 0.6 is 11.6 Å². The number of pyridine rings is 4. The third-order valence-corrected chi connectivity index (χ3v) is 13.4. The smallest absolute Gasteiger partial charge is 0.281 e. The van der Waals surface area contributed by atoms with Crippen molar-refractivity contribution in [2.24, 2.45) is 11.8 Å². The molecule has 3 aliphatic heterocycles. The summed E-state index contributed by atoms with van der Waals surface area (Å²) >= 11 is 5.86. The Hall–Kier alpha value is -5.45. The molecule has 4 aromatic heterocycles. The van der Waals surface area contributed by atoms with Crippen molar-refractivity contribution in [3.8, 4) is 5.88 Å². The maximum Gasteiger partial charge on any atom is 0.281 e. The van der Waals surface area contributed by atoms with E-state index in [1.165, 1.54) is 36.4 Å². The van der Waals surface area contributed by atoms with Gasteiger partial charge in [-0.05, 0) is 88.8 Å².